The van der Waals surface area contributed by atoms with Crippen LogP contribution in [0.4, 0.5) is 11.5 Å². The fraction of sp³-hybridized carbons (Fsp3) is 0.200. The van der Waals surface area contributed by atoms with Crippen LogP contribution in [0, 0.1) is 0 Å². The van der Waals surface area contributed by atoms with E-state index in [-0.39, 0.29) is 17.6 Å². The van der Waals surface area contributed by atoms with Gasteiger partial charge in [-0.2, -0.15) is 0 Å². The first-order valence-corrected chi connectivity index (χ1v) is 24.2. The number of rotatable bonds is 5. The molecule has 0 radical (unpaired) electrons. The van der Waals surface area contributed by atoms with Crippen molar-refractivity contribution in [3.8, 4) is 28.4 Å². The highest BCUT2D eigenvalue weighted by Gasteiger charge is 2.28. The summed E-state index contributed by atoms with van der Waals surface area (Å²) in [5.74, 6) is 2.73. The van der Waals surface area contributed by atoms with E-state index >= 15 is 0 Å². The summed E-state index contributed by atoms with van der Waals surface area (Å²) in [6.07, 6.45) is 3.70. The Kier molecular flexibility index (Phi) is 8.08. The van der Waals surface area contributed by atoms with Crippen molar-refractivity contribution in [3.05, 3.63) is 199 Å². The Morgan fingerprint density at radius 2 is 1.06 bits per heavy atom. The second-order valence-corrected chi connectivity index (χ2v) is 20.9. The van der Waals surface area contributed by atoms with Crippen LogP contribution in [0.2, 0.25) is 0 Å². The van der Waals surface area contributed by atoms with Crippen LogP contribution in [-0.2, 0) is 22.9 Å². The van der Waals surface area contributed by atoms with E-state index in [1.54, 1.807) is 0 Å². The summed E-state index contributed by atoms with van der Waals surface area (Å²) in [5.41, 5.74) is 2.91. The first-order chi connectivity index (χ1) is 37.8. The van der Waals surface area contributed by atoms with Gasteiger partial charge in [0.2, 0.25) is 0 Å². The third kappa shape index (κ3) is 7.56. The van der Waals surface area contributed by atoms with Gasteiger partial charge in [-0.1, -0.05) is 171 Å². The molecule has 5 heterocycles. The summed E-state index contributed by atoms with van der Waals surface area (Å²) < 4.78 is 90.4. The van der Waals surface area contributed by atoms with Crippen LogP contribution in [0.5, 0.6) is 11.5 Å². The number of hydrogen-bond donors (Lipinski definition) is 0. The molecule has 0 fully saturated rings. The van der Waals surface area contributed by atoms with E-state index in [1.165, 1.54) is 17.7 Å². The summed E-state index contributed by atoms with van der Waals surface area (Å²) in [5, 5.41) is 7.85. The molecule has 1 aliphatic heterocycles. The molecule has 0 aliphatic carbocycles. The van der Waals surface area contributed by atoms with E-state index in [4.69, 9.17) is 27.0 Å². The van der Waals surface area contributed by atoms with E-state index in [9.17, 15) is 0 Å². The van der Waals surface area contributed by atoms with Crippen molar-refractivity contribution >= 4 is 76.7 Å². The standard InChI is InChI=1S/C65H59N5O/c1-63(2,3)42-30-32-66-59(37-42)70-57-27-15-14-24-53(57)54-29-28-47(39-58(54)70)71-46-19-16-18-45(38-46)68-40-69-60-48(41-34-43(64(4,5)6)36-44(35-41)65(7,8)9)25-17-26-55(60)51-22-12-10-20-49(51)50-21-11-13-23-52(50)56-31-33-67-62(68)61(56)69/h10-39H,40H2,1-9H3/i4D3,5D3,6D3. The number of fused-ring (bicyclic) bond motifs is 10. The lowest BCUT2D eigenvalue weighted by molar-refractivity contribution is 0.483. The molecule has 71 heavy (non-hydrogen) atoms. The highest BCUT2D eigenvalue weighted by molar-refractivity contribution is 6.22. The molecule has 6 heteroatoms. The third-order valence-corrected chi connectivity index (χ3v) is 14.1. The Morgan fingerprint density at radius 1 is 0.465 bits per heavy atom. The van der Waals surface area contributed by atoms with Crippen LogP contribution >= 0.6 is 0 Å². The molecule has 1 aliphatic rings. The second-order valence-electron chi connectivity index (χ2n) is 20.9. The number of nitrogens with zero attached hydrogens (tertiary/aromatic N) is 5. The van der Waals surface area contributed by atoms with Gasteiger partial charge in [0.05, 0.1) is 22.1 Å². The molecular weight excluding hydrogens is 867 g/mol. The maximum atomic E-state index is 8.79. The van der Waals surface area contributed by atoms with Gasteiger partial charge in [0.15, 0.2) is 5.82 Å². The minimum absolute atomic E-state index is 0.0820. The summed E-state index contributed by atoms with van der Waals surface area (Å²) >= 11 is 0. The maximum Gasteiger partial charge on any atom is 0.159 e. The minimum Gasteiger partial charge on any atom is -0.457 e. The third-order valence-electron chi connectivity index (χ3n) is 14.1. The molecule has 0 N–H and O–H groups in total. The number of para-hydroxylation sites is 2. The molecule has 0 atom stereocenters. The van der Waals surface area contributed by atoms with Gasteiger partial charge in [-0.25, -0.2) is 9.97 Å². The zero-order valence-corrected chi connectivity index (χ0v) is 40.7. The summed E-state index contributed by atoms with van der Waals surface area (Å²) in [6, 6.07) is 56.1. The van der Waals surface area contributed by atoms with Gasteiger partial charge in [0.1, 0.15) is 24.0 Å². The van der Waals surface area contributed by atoms with Crippen molar-refractivity contribution in [2.45, 2.75) is 85.0 Å². The summed E-state index contributed by atoms with van der Waals surface area (Å²) in [4.78, 5) is 12.2. The smallest absolute Gasteiger partial charge is 0.159 e. The van der Waals surface area contributed by atoms with Crippen molar-refractivity contribution in [1.29, 1.82) is 0 Å². The lowest BCUT2D eigenvalue weighted by Gasteiger charge is -2.27. The number of benzene rings is 7. The average molecular weight is 935 g/mol. The Hall–Kier alpha value is -7.96. The van der Waals surface area contributed by atoms with Crippen LogP contribution in [-0.4, -0.2) is 19.1 Å². The minimum atomic E-state index is -3.47. The van der Waals surface area contributed by atoms with Crippen molar-refractivity contribution in [2.24, 2.45) is 0 Å². The SMILES string of the molecule is [2H]C([2H])([2H])C(c1cc(-c2cccc3c4ccccc4c4ccccc4c4ccnc5c4n(c23)CN5c2cccc(Oc3ccc4c5ccccc5n(-c5cc(C(C)(C)C)ccn5)c4c3)c2)cc(C(C)(C)C)c1)(C([2H])([2H])[2H])C([2H])([2H])[2H]. The number of hydrogen-bond acceptors (Lipinski definition) is 4. The molecule has 350 valence electrons. The number of ether oxygens (including phenoxy) is 1. The van der Waals surface area contributed by atoms with Crippen molar-refractivity contribution in [2.75, 3.05) is 4.90 Å². The Labute approximate surface area is 428 Å². The highest BCUT2D eigenvalue weighted by atomic mass is 16.5. The molecule has 7 aromatic carbocycles. The molecular formula is C65H59N5O. The van der Waals surface area contributed by atoms with E-state index in [2.05, 4.69) is 108 Å². The predicted octanol–water partition coefficient (Wildman–Crippen LogP) is 17.6. The molecule has 12 rings (SSSR count). The van der Waals surface area contributed by atoms with Crippen LogP contribution in [0.3, 0.4) is 0 Å². The number of pyridine rings is 2. The van der Waals surface area contributed by atoms with E-state index in [0.717, 1.165) is 76.7 Å². The quantitative estimate of drug-likeness (QED) is 0.173. The fourth-order valence-electron chi connectivity index (χ4n) is 10.5. The molecule has 0 amide bonds. The van der Waals surface area contributed by atoms with Crippen molar-refractivity contribution < 1.29 is 17.1 Å². The van der Waals surface area contributed by atoms with Gasteiger partial charge in [-0.3, -0.25) is 4.57 Å². The molecule has 0 spiro atoms. The molecule has 6 nitrogen and oxygen atoms in total. The Balaban J connectivity index is 1.08. The number of aromatic nitrogens is 4. The van der Waals surface area contributed by atoms with Gasteiger partial charge < -0.3 is 14.2 Å². The zero-order chi connectivity index (χ0) is 56.5. The largest absolute Gasteiger partial charge is 0.457 e. The molecule has 0 bridgehead atoms. The van der Waals surface area contributed by atoms with Crippen LogP contribution in [0.15, 0.2) is 182 Å². The first-order valence-electron chi connectivity index (χ1n) is 28.7. The Bertz CT molecular complexity index is 4350. The van der Waals surface area contributed by atoms with Gasteiger partial charge in [0, 0.05) is 69.7 Å². The lowest BCUT2D eigenvalue weighted by atomic mass is 9.78. The summed E-state index contributed by atoms with van der Waals surface area (Å²) in [7, 11) is 0. The maximum absolute atomic E-state index is 8.79. The van der Waals surface area contributed by atoms with Crippen molar-refractivity contribution in [1.82, 2.24) is 19.1 Å². The fourth-order valence-corrected chi connectivity index (χ4v) is 10.5. The molecule has 0 unspecified atom stereocenters. The average Bonchev–Trinajstić information content (AvgIpc) is 3.97. The molecule has 0 saturated heterocycles. The van der Waals surface area contributed by atoms with Gasteiger partial charge in [-0.15, -0.1) is 0 Å². The highest BCUT2D eigenvalue weighted by Crippen LogP contribution is 2.45. The molecule has 4 aromatic heterocycles. The van der Waals surface area contributed by atoms with Crippen LogP contribution in [0.25, 0.3) is 82.1 Å². The summed E-state index contributed by atoms with van der Waals surface area (Å²) in [6.45, 7) is 2.26. The van der Waals surface area contributed by atoms with E-state index < -0.39 is 31.4 Å². The van der Waals surface area contributed by atoms with Gasteiger partial charge in [-0.05, 0) is 109 Å². The normalized spacial score (nSPS) is 15.5. The topological polar surface area (TPSA) is 48.1 Å². The van der Waals surface area contributed by atoms with Gasteiger partial charge in [0.25, 0.3) is 0 Å². The van der Waals surface area contributed by atoms with Crippen LogP contribution < -0.4 is 9.64 Å². The number of anilines is 2. The van der Waals surface area contributed by atoms with Gasteiger partial charge >= 0.3 is 0 Å². The van der Waals surface area contributed by atoms with E-state index in [0.29, 0.717) is 34.0 Å². The zero-order valence-electron chi connectivity index (χ0n) is 49.7. The van der Waals surface area contributed by atoms with Crippen molar-refractivity contribution in [3.63, 3.8) is 0 Å². The molecule has 11 aromatic rings. The molecule has 0 saturated carbocycles. The lowest BCUT2D eigenvalue weighted by Crippen LogP contribution is -2.17. The predicted molar refractivity (Wildman–Crippen MR) is 299 cm³/mol. The first kappa shape index (κ1) is 35.2. The Morgan fingerprint density at radius 3 is 1.76 bits per heavy atom. The monoisotopic (exact) mass is 935 g/mol. The van der Waals surface area contributed by atoms with E-state index in [1.807, 2.05) is 118 Å². The second kappa shape index (κ2) is 16.3. The van der Waals surface area contributed by atoms with Crippen LogP contribution in [0.1, 0.15) is 91.1 Å².